The second-order valence-electron chi connectivity index (χ2n) is 34.3. The highest BCUT2D eigenvalue weighted by Crippen LogP contribution is 2.73. The van der Waals surface area contributed by atoms with E-state index in [-0.39, 0.29) is 29.2 Å². The van der Waals surface area contributed by atoms with E-state index in [2.05, 4.69) is 286 Å². The predicted octanol–water partition coefficient (Wildman–Crippen LogP) is 23.3. The van der Waals surface area contributed by atoms with Crippen LogP contribution < -0.4 is 37.4 Å². The van der Waals surface area contributed by atoms with E-state index in [1.54, 1.807) is 0 Å². The molecule has 8 aliphatic heterocycles. The molecule has 678 valence electrons. The van der Waals surface area contributed by atoms with Gasteiger partial charge in [-0.3, -0.25) is 47.6 Å². The standard InChI is InChI=1S/C38H39N4OP.C26H28N3O2P.C25H28N3OPS.C19H24N3O2P/c43-44(41(35-22-12-4-13-23-35)30-31-42(44)36-24-14-5-15-25-36)38(34-20-10-3-11-21-34)40-28-26-39(27-29-40)37(32-16-6-1-7-17-32)33-18-8-2-9-19-33;30-25-16-18-27(19-17-25)26(22-10-4-1-5-11-22)32(31)28(23-12-6-2-7-13-23)20-21-29(32)24-14-8-3-9-15-24;29-30(25(22-10-4-1-5-11-22)26-18-20-31-21-19-26)27(23-12-6-2-7-13-23)16-17-28(30)24-14-8-3-9-15-24;23-25(17-20-13-15-24-16-14-20)21(18-7-3-1-4-8-18)11-12-22(25)19-9-5-2-6-10-19/h1-25,37-38H,26-31H2;1-15,26H,16-21H2;1-15,25H,16-21H2;1-10H,11-17H2. The Labute approximate surface area is 784 Å². The molecule has 3 atom stereocenters. The lowest BCUT2D eigenvalue weighted by molar-refractivity contribution is -0.121. The molecule has 0 bridgehead atoms. The molecule has 8 saturated heterocycles. The molecule has 13 aromatic rings. The summed E-state index contributed by atoms with van der Waals surface area (Å²) in [6, 6.07) is 135. The first-order valence-electron chi connectivity index (χ1n) is 46.6. The van der Waals surface area contributed by atoms with Crippen LogP contribution in [0.4, 0.5) is 45.5 Å². The first-order valence-corrected chi connectivity index (χ1v) is 54.6. The Morgan fingerprint density at radius 2 is 0.447 bits per heavy atom. The second kappa shape index (κ2) is 43.3. The molecule has 0 radical (unpaired) electrons. The monoisotopic (exact) mass is 1850 g/mol. The number of nitrogens with zero attached hydrogens (tertiary/aromatic N) is 13. The van der Waals surface area contributed by atoms with Crippen LogP contribution in [0.1, 0.15) is 64.0 Å². The van der Waals surface area contributed by atoms with Crippen molar-refractivity contribution in [2.75, 3.05) is 186 Å². The third kappa shape index (κ3) is 20.0. The quantitative estimate of drug-likeness (QED) is 0.0595. The number of hydrogen-bond donors (Lipinski definition) is 0. The number of morpholine rings is 1. The van der Waals surface area contributed by atoms with E-state index in [4.69, 9.17) is 4.74 Å². The highest BCUT2D eigenvalue weighted by Gasteiger charge is 2.56. The van der Waals surface area contributed by atoms with Crippen LogP contribution >= 0.6 is 41.5 Å². The number of rotatable bonds is 22. The molecule has 0 N–H and O–H groups in total. The van der Waals surface area contributed by atoms with Gasteiger partial charge in [0, 0.05) is 188 Å². The van der Waals surface area contributed by atoms with Crippen molar-refractivity contribution in [1.82, 2.24) is 24.5 Å². The molecule has 24 heteroatoms. The van der Waals surface area contributed by atoms with Gasteiger partial charge in [0.25, 0.3) is 29.8 Å². The average molecular weight is 1850 g/mol. The van der Waals surface area contributed by atoms with Crippen molar-refractivity contribution in [3.8, 4) is 0 Å². The van der Waals surface area contributed by atoms with Crippen LogP contribution in [-0.4, -0.2) is 179 Å². The highest BCUT2D eigenvalue weighted by molar-refractivity contribution is 7.99. The molecule has 0 spiro atoms. The Morgan fingerprint density at radius 3 is 0.712 bits per heavy atom. The number of Topliss-reactive ketones (excluding diaryl/α,β-unsaturated/α-hetero) is 1. The van der Waals surface area contributed by atoms with Gasteiger partial charge < -0.3 is 42.1 Å². The van der Waals surface area contributed by atoms with Gasteiger partial charge in [0.1, 0.15) is 23.1 Å². The van der Waals surface area contributed by atoms with Gasteiger partial charge >= 0.3 is 0 Å². The molecule has 8 aliphatic rings. The van der Waals surface area contributed by atoms with Crippen molar-refractivity contribution < 1.29 is 27.8 Å². The number of para-hydroxylation sites is 8. The summed E-state index contributed by atoms with van der Waals surface area (Å²) in [6.07, 6.45) is 1.60. The first-order chi connectivity index (χ1) is 65.0. The summed E-state index contributed by atoms with van der Waals surface area (Å²) < 4.78 is 84.2. The van der Waals surface area contributed by atoms with E-state index in [1.807, 2.05) is 182 Å². The molecular weight excluding hydrogens is 1730 g/mol. The lowest BCUT2D eigenvalue weighted by Gasteiger charge is -2.47. The molecule has 3 unspecified atom stereocenters. The van der Waals surface area contributed by atoms with Crippen LogP contribution in [0.5, 0.6) is 0 Å². The molecule has 0 saturated carbocycles. The molecule has 0 aliphatic carbocycles. The van der Waals surface area contributed by atoms with Gasteiger partial charge in [0.15, 0.2) is 0 Å². The van der Waals surface area contributed by atoms with Gasteiger partial charge in [0.05, 0.1) is 25.5 Å². The molecule has 21 rings (SSSR count). The number of piperidine rings is 1. The molecule has 132 heavy (non-hydrogen) atoms. The summed E-state index contributed by atoms with van der Waals surface area (Å²) in [6.45, 7) is 15.6. The van der Waals surface area contributed by atoms with Crippen molar-refractivity contribution in [2.45, 2.75) is 36.2 Å². The van der Waals surface area contributed by atoms with Crippen molar-refractivity contribution >= 4 is 92.8 Å². The summed E-state index contributed by atoms with van der Waals surface area (Å²) in [5.74, 6) is 1.69. The fourth-order valence-corrected chi connectivity index (χ4v) is 35.4. The molecule has 8 heterocycles. The number of ether oxygens (including phenoxy) is 1. The summed E-state index contributed by atoms with van der Waals surface area (Å²) in [7, 11) is -12.2. The minimum atomic E-state index is -3.22. The van der Waals surface area contributed by atoms with E-state index < -0.39 is 29.8 Å². The largest absolute Gasteiger partial charge is 0.379 e. The number of piperazine rings is 1. The number of thioether (sulfide) groups is 1. The first kappa shape index (κ1) is 91.5. The zero-order valence-corrected chi connectivity index (χ0v) is 79.4. The number of carbonyl (C=O) groups is 1. The zero-order valence-electron chi connectivity index (χ0n) is 75.0. The lowest BCUT2D eigenvalue weighted by atomic mass is 9.96. The molecule has 13 aromatic carbocycles. The van der Waals surface area contributed by atoms with Crippen LogP contribution in [0.2, 0.25) is 0 Å². The SMILES string of the molecule is O=C1CCN(C(c2ccccc2)P2(=O)N(c3ccccc3)CCN2c2ccccc2)CC1.O=P1(C(c2ccccc2)N2CCN(C(c3ccccc3)c3ccccc3)CC2)N(c2ccccc2)CCN1c1ccccc1.O=P1(C(c2ccccc2)N2CCSCC2)N(c2ccccc2)CCN1c1ccccc1.O=P1(CN2CCOCC2)N(c2ccccc2)CCN1c1ccccc1. The van der Waals surface area contributed by atoms with Gasteiger partial charge in [0.2, 0.25) is 0 Å². The number of hydrogen-bond acceptors (Lipinski definition) is 12. The van der Waals surface area contributed by atoms with Crippen molar-refractivity contribution in [3.05, 3.63) is 422 Å². The van der Waals surface area contributed by atoms with Gasteiger partial charge in [-0.1, -0.05) is 297 Å². The minimum Gasteiger partial charge on any atom is -0.379 e. The van der Waals surface area contributed by atoms with Gasteiger partial charge in [-0.05, 0) is 125 Å². The topological polar surface area (TPSA) is 137 Å². The van der Waals surface area contributed by atoms with E-state index in [0.717, 1.165) is 165 Å². The summed E-state index contributed by atoms with van der Waals surface area (Å²) in [4.78, 5) is 24.1. The van der Waals surface area contributed by atoms with Crippen molar-refractivity contribution in [2.24, 2.45) is 0 Å². The number of likely N-dealkylation sites (tertiary alicyclic amines) is 1. The molecular formula is C108H119N13O6P4S. The maximum Gasteiger partial charge on any atom is 0.284 e. The lowest BCUT2D eigenvalue weighted by Crippen LogP contribution is -2.50. The summed E-state index contributed by atoms with van der Waals surface area (Å²) in [5.41, 5.74) is 14.0. The van der Waals surface area contributed by atoms with Crippen molar-refractivity contribution in [1.29, 1.82) is 0 Å². The fraction of sp³-hybridized carbons (Fsp3) is 0.269. The average Bonchev–Trinajstić information content (AvgIpc) is 1.56. The van der Waals surface area contributed by atoms with Gasteiger partial charge in [-0.15, -0.1) is 0 Å². The zero-order chi connectivity index (χ0) is 90.0. The van der Waals surface area contributed by atoms with Crippen LogP contribution in [0.25, 0.3) is 0 Å². The van der Waals surface area contributed by atoms with Gasteiger partial charge in [-0.25, -0.2) is 0 Å². The van der Waals surface area contributed by atoms with Crippen LogP contribution in [0, 0.1) is 0 Å². The highest BCUT2D eigenvalue weighted by atomic mass is 32.2. The van der Waals surface area contributed by atoms with E-state index in [1.165, 1.54) is 11.1 Å². The Hall–Kier alpha value is -11.0. The third-order valence-corrected chi connectivity index (χ3v) is 41.1. The minimum absolute atomic E-state index is 0.169. The van der Waals surface area contributed by atoms with E-state index in [9.17, 15) is 9.36 Å². The van der Waals surface area contributed by atoms with Crippen LogP contribution in [0.3, 0.4) is 0 Å². The van der Waals surface area contributed by atoms with E-state index >= 15 is 13.7 Å². The molecule has 0 aromatic heterocycles. The number of anilines is 8. The predicted molar refractivity (Wildman–Crippen MR) is 548 cm³/mol. The number of carbonyl (C=O) groups excluding carboxylic acids is 1. The summed E-state index contributed by atoms with van der Waals surface area (Å²) >= 11 is 1.99. The van der Waals surface area contributed by atoms with Gasteiger partial charge in [-0.2, -0.15) is 11.8 Å². The second-order valence-corrected chi connectivity index (χ2v) is 46.0. The summed E-state index contributed by atoms with van der Waals surface area (Å²) in [5, 5.41) is 0. The normalized spacial score (nSPS) is 19.4. The van der Waals surface area contributed by atoms with Crippen LogP contribution in [-0.2, 0) is 27.8 Å². The Balaban J connectivity index is 0.000000120. The molecule has 19 nitrogen and oxygen atoms in total. The van der Waals surface area contributed by atoms with Crippen LogP contribution in [0.15, 0.2) is 394 Å². The Morgan fingerprint density at radius 1 is 0.235 bits per heavy atom. The molecule has 0 amide bonds. The van der Waals surface area contributed by atoms with E-state index in [0.29, 0.717) is 58.4 Å². The maximum atomic E-state index is 16.1. The Kier molecular flexibility index (Phi) is 30.0. The fourth-order valence-electron chi connectivity index (χ4n) is 20.3. The van der Waals surface area contributed by atoms with Crippen molar-refractivity contribution in [3.63, 3.8) is 0 Å². The third-order valence-electron chi connectivity index (χ3n) is 26.5. The smallest absolute Gasteiger partial charge is 0.284 e. The maximum absolute atomic E-state index is 16.1. The molecule has 8 fully saturated rings. The number of ketones is 1. The Bertz CT molecular complexity index is 5720. The number of benzene rings is 13.